The summed E-state index contributed by atoms with van der Waals surface area (Å²) in [7, 11) is -3.76. The fraction of sp³-hybridized carbons (Fsp3) is 0.200. The highest BCUT2D eigenvalue weighted by Crippen LogP contribution is 2.21. The largest absolute Gasteiger partial charge is 0.297 e. The molecule has 0 saturated heterocycles. The predicted octanol–water partition coefficient (Wildman–Crippen LogP) is 3.86. The Balaban J connectivity index is 2.17. The molecule has 0 bridgehead atoms. The minimum Gasteiger partial charge on any atom is -0.261 e. The molecule has 106 valence electrons. The summed E-state index contributed by atoms with van der Waals surface area (Å²) < 4.78 is 29.2. The van der Waals surface area contributed by atoms with Crippen molar-refractivity contribution in [3.05, 3.63) is 64.2 Å². The molecule has 0 N–H and O–H groups in total. The van der Waals surface area contributed by atoms with Crippen molar-refractivity contribution in [2.24, 2.45) is 0 Å². The molecule has 5 heteroatoms. The highest BCUT2D eigenvalue weighted by molar-refractivity contribution is 7.86. The summed E-state index contributed by atoms with van der Waals surface area (Å²) >= 11 is 6.02. The van der Waals surface area contributed by atoms with E-state index >= 15 is 0 Å². The Bertz CT molecular complexity index is 706. The Labute approximate surface area is 124 Å². The quantitative estimate of drug-likeness (QED) is 0.805. The molecule has 0 radical (unpaired) electrons. The van der Waals surface area contributed by atoms with Gasteiger partial charge in [-0.2, -0.15) is 8.42 Å². The molecule has 3 nitrogen and oxygen atoms in total. The molecule has 0 aliphatic rings. The Morgan fingerprint density at radius 3 is 2.25 bits per heavy atom. The van der Waals surface area contributed by atoms with Crippen molar-refractivity contribution in [1.29, 1.82) is 0 Å². The maximum atomic E-state index is 12.0. The van der Waals surface area contributed by atoms with E-state index in [1.54, 1.807) is 18.2 Å². The highest BCUT2D eigenvalue weighted by atomic mass is 35.5. The van der Waals surface area contributed by atoms with Crippen molar-refractivity contribution in [2.45, 2.75) is 25.3 Å². The van der Waals surface area contributed by atoms with Gasteiger partial charge < -0.3 is 0 Å². The minimum absolute atomic E-state index is 0.0727. The highest BCUT2D eigenvalue weighted by Gasteiger charge is 2.15. The van der Waals surface area contributed by atoms with Crippen molar-refractivity contribution < 1.29 is 12.6 Å². The van der Waals surface area contributed by atoms with Gasteiger partial charge in [-0.1, -0.05) is 47.0 Å². The first-order valence-corrected chi connectivity index (χ1v) is 7.88. The van der Waals surface area contributed by atoms with Crippen molar-refractivity contribution in [2.75, 3.05) is 0 Å². The average Bonchev–Trinajstić information content (AvgIpc) is 2.40. The van der Waals surface area contributed by atoms with Gasteiger partial charge >= 0.3 is 0 Å². The Hall–Kier alpha value is -1.36. The molecule has 0 spiro atoms. The van der Waals surface area contributed by atoms with Crippen molar-refractivity contribution in [3.63, 3.8) is 0 Å². The van der Waals surface area contributed by atoms with Crippen LogP contribution in [0.3, 0.4) is 0 Å². The predicted molar refractivity (Wildman–Crippen MR) is 79.3 cm³/mol. The molecule has 2 aromatic rings. The number of aryl methyl sites for hydroxylation is 2. The first-order chi connectivity index (χ1) is 9.38. The number of halogens is 1. The van der Waals surface area contributed by atoms with Gasteiger partial charge in [0.25, 0.3) is 10.1 Å². The molecule has 0 heterocycles. The lowest BCUT2D eigenvalue weighted by Crippen LogP contribution is -2.07. The zero-order valence-electron chi connectivity index (χ0n) is 11.3. The third kappa shape index (κ3) is 3.60. The molecule has 20 heavy (non-hydrogen) atoms. The number of hydrogen-bond acceptors (Lipinski definition) is 3. The second kappa shape index (κ2) is 5.95. The van der Waals surface area contributed by atoms with Crippen LogP contribution in [0.1, 0.15) is 16.7 Å². The van der Waals surface area contributed by atoms with Gasteiger partial charge in [0.1, 0.15) is 0 Å². The summed E-state index contributed by atoms with van der Waals surface area (Å²) in [4.78, 5) is 0.145. The minimum atomic E-state index is -3.76. The summed E-state index contributed by atoms with van der Waals surface area (Å²) in [6.45, 7) is 3.73. The van der Waals surface area contributed by atoms with Crippen LogP contribution in [-0.2, 0) is 20.9 Å². The van der Waals surface area contributed by atoms with E-state index in [-0.39, 0.29) is 11.5 Å². The van der Waals surface area contributed by atoms with Crippen LogP contribution >= 0.6 is 11.6 Å². The molecule has 0 fully saturated rings. The van der Waals surface area contributed by atoms with Gasteiger partial charge in [0.15, 0.2) is 0 Å². The van der Waals surface area contributed by atoms with Gasteiger partial charge in [-0.3, -0.25) is 4.18 Å². The van der Waals surface area contributed by atoms with Crippen LogP contribution in [-0.4, -0.2) is 8.42 Å². The monoisotopic (exact) mass is 310 g/mol. The maximum Gasteiger partial charge on any atom is 0.297 e. The van der Waals surface area contributed by atoms with E-state index in [0.29, 0.717) is 10.6 Å². The molecule has 0 aromatic heterocycles. The molecule has 0 amide bonds. The Kier molecular flexibility index (Phi) is 4.48. The lowest BCUT2D eigenvalue weighted by molar-refractivity contribution is 0.308. The van der Waals surface area contributed by atoms with Crippen molar-refractivity contribution in [1.82, 2.24) is 0 Å². The first kappa shape index (κ1) is 15.0. The normalized spacial score (nSPS) is 11.6. The van der Waals surface area contributed by atoms with Crippen LogP contribution in [0.5, 0.6) is 0 Å². The van der Waals surface area contributed by atoms with Crippen LogP contribution in [0, 0.1) is 13.8 Å². The second-order valence-corrected chi connectivity index (χ2v) is 6.65. The van der Waals surface area contributed by atoms with Crippen LogP contribution in [0.4, 0.5) is 0 Å². The number of hydrogen-bond donors (Lipinski definition) is 0. The van der Waals surface area contributed by atoms with Gasteiger partial charge in [0.2, 0.25) is 0 Å². The fourth-order valence-electron chi connectivity index (χ4n) is 1.73. The van der Waals surface area contributed by atoms with Crippen LogP contribution in [0.2, 0.25) is 5.02 Å². The molecule has 2 rings (SSSR count). The molecule has 2 aromatic carbocycles. The standard InChI is InChI=1S/C15H15ClO3S/c1-11-3-6-14(7-4-11)20(17,18)19-10-13-9-12(2)5-8-15(13)16/h3-9H,10H2,1-2H3. The van der Waals surface area contributed by atoms with Gasteiger partial charge in [-0.25, -0.2) is 0 Å². The van der Waals surface area contributed by atoms with E-state index in [4.69, 9.17) is 15.8 Å². The van der Waals surface area contributed by atoms with Crippen LogP contribution in [0.25, 0.3) is 0 Å². The molecule has 0 aliphatic heterocycles. The SMILES string of the molecule is Cc1ccc(S(=O)(=O)OCc2cc(C)ccc2Cl)cc1. The number of rotatable bonds is 4. The summed E-state index contributed by atoms with van der Waals surface area (Å²) in [5, 5.41) is 0.495. The van der Waals surface area contributed by atoms with E-state index in [0.717, 1.165) is 11.1 Å². The van der Waals surface area contributed by atoms with E-state index in [1.165, 1.54) is 12.1 Å². The third-order valence-corrected chi connectivity index (χ3v) is 4.53. The van der Waals surface area contributed by atoms with Crippen LogP contribution in [0.15, 0.2) is 47.4 Å². The van der Waals surface area contributed by atoms with Crippen molar-refractivity contribution >= 4 is 21.7 Å². The molecule has 0 saturated carbocycles. The molecular weight excluding hydrogens is 296 g/mol. The fourth-order valence-corrected chi connectivity index (χ4v) is 2.79. The second-order valence-electron chi connectivity index (χ2n) is 4.62. The number of benzene rings is 2. The zero-order chi connectivity index (χ0) is 14.8. The zero-order valence-corrected chi connectivity index (χ0v) is 12.8. The maximum absolute atomic E-state index is 12.0. The van der Waals surface area contributed by atoms with E-state index in [2.05, 4.69) is 0 Å². The molecule has 0 aliphatic carbocycles. The van der Waals surface area contributed by atoms with Gasteiger partial charge in [0, 0.05) is 5.02 Å². The molecular formula is C15H15ClO3S. The summed E-state index contributed by atoms with van der Waals surface area (Å²) in [5.74, 6) is 0. The van der Waals surface area contributed by atoms with E-state index < -0.39 is 10.1 Å². The van der Waals surface area contributed by atoms with Gasteiger partial charge in [0.05, 0.1) is 11.5 Å². The Morgan fingerprint density at radius 2 is 1.60 bits per heavy atom. The molecule has 0 atom stereocenters. The Morgan fingerprint density at radius 1 is 1.00 bits per heavy atom. The summed E-state index contributed by atoms with van der Waals surface area (Å²) in [6.07, 6.45) is 0. The topological polar surface area (TPSA) is 43.4 Å². The first-order valence-electron chi connectivity index (χ1n) is 6.09. The van der Waals surface area contributed by atoms with Gasteiger partial charge in [-0.05, 0) is 37.6 Å². The average molecular weight is 311 g/mol. The van der Waals surface area contributed by atoms with Crippen LogP contribution < -0.4 is 0 Å². The molecule has 0 unspecified atom stereocenters. The summed E-state index contributed by atoms with van der Waals surface area (Å²) in [6, 6.07) is 11.9. The van der Waals surface area contributed by atoms with E-state index in [1.807, 2.05) is 26.0 Å². The smallest absolute Gasteiger partial charge is 0.261 e. The summed E-state index contributed by atoms with van der Waals surface area (Å²) in [5.41, 5.74) is 2.65. The third-order valence-electron chi connectivity index (χ3n) is 2.88. The van der Waals surface area contributed by atoms with Gasteiger partial charge in [-0.15, -0.1) is 0 Å². The van der Waals surface area contributed by atoms with E-state index in [9.17, 15) is 8.42 Å². The lowest BCUT2D eigenvalue weighted by atomic mass is 10.1. The van der Waals surface area contributed by atoms with Crippen molar-refractivity contribution in [3.8, 4) is 0 Å². The lowest BCUT2D eigenvalue weighted by Gasteiger charge is -2.08.